The molecule has 0 spiro atoms. The smallest absolute Gasteiger partial charge is 0.123 e. The lowest BCUT2D eigenvalue weighted by atomic mass is 9.90. The fraction of sp³-hybridized carbons (Fsp3) is 0.167. The molecule has 0 aliphatic rings. The minimum atomic E-state index is -0.245. The molecule has 3 aromatic rings. The van der Waals surface area contributed by atoms with E-state index in [9.17, 15) is 8.78 Å². The van der Waals surface area contributed by atoms with E-state index < -0.39 is 0 Å². The quantitative estimate of drug-likeness (QED) is 0.740. The maximum atomic E-state index is 13.1. The summed E-state index contributed by atoms with van der Waals surface area (Å²) in [5, 5.41) is 0. The molecule has 0 fully saturated rings. The maximum Gasteiger partial charge on any atom is 0.123 e. The van der Waals surface area contributed by atoms with Crippen molar-refractivity contribution >= 4 is 0 Å². The highest BCUT2D eigenvalue weighted by atomic mass is 19.1. The van der Waals surface area contributed by atoms with Gasteiger partial charge >= 0.3 is 0 Å². The van der Waals surface area contributed by atoms with Gasteiger partial charge in [0.15, 0.2) is 0 Å². The summed E-state index contributed by atoms with van der Waals surface area (Å²) < 4.78 is 26.1. The van der Waals surface area contributed by atoms with Crippen molar-refractivity contribution < 1.29 is 8.78 Å². The highest BCUT2D eigenvalue weighted by molar-refractivity contribution is 5.28. The van der Waals surface area contributed by atoms with E-state index in [1.54, 1.807) is 36.8 Å². The lowest BCUT2D eigenvalue weighted by molar-refractivity contribution is 0.623. The first-order valence-corrected chi connectivity index (χ1v) is 7.20. The van der Waals surface area contributed by atoms with Crippen LogP contribution in [0.15, 0.2) is 61.1 Å². The minimum Gasteiger partial charge on any atom is -0.348 e. The third-order valence-electron chi connectivity index (χ3n) is 3.80. The Kier molecular flexibility index (Phi) is 4.28. The first-order chi connectivity index (χ1) is 10.7. The van der Waals surface area contributed by atoms with Crippen molar-refractivity contribution in [1.82, 2.24) is 9.97 Å². The van der Waals surface area contributed by atoms with Gasteiger partial charge in [-0.25, -0.2) is 13.8 Å². The Morgan fingerprint density at radius 2 is 1.55 bits per heavy atom. The number of imidazole rings is 1. The number of aromatic nitrogens is 2. The molecule has 0 aliphatic heterocycles. The molecule has 1 heterocycles. The number of hydrogen-bond acceptors (Lipinski definition) is 1. The van der Waals surface area contributed by atoms with Crippen LogP contribution in [0, 0.1) is 11.6 Å². The molecule has 0 radical (unpaired) electrons. The Bertz CT molecular complexity index is 704. The van der Waals surface area contributed by atoms with Gasteiger partial charge in [-0.05, 0) is 48.2 Å². The van der Waals surface area contributed by atoms with Gasteiger partial charge in [0.05, 0.1) is 6.33 Å². The summed E-state index contributed by atoms with van der Waals surface area (Å²) in [5.74, 6) is -0.369. The number of benzene rings is 2. The van der Waals surface area contributed by atoms with Crippen molar-refractivity contribution in [2.45, 2.75) is 18.8 Å². The molecule has 0 bridgehead atoms. The van der Waals surface area contributed by atoms with E-state index in [1.807, 2.05) is 0 Å². The van der Waals surface area contributed by atoms with Crippen molar-refractivity contribution in [2.24, 2.45) is 0 Å². The highest BCUT2D eigenvalue weighted by Gasteiger charge is 2.15. The molecule has 2 nitrogen and oxygen atoms in total. The molecule has 0 aliphatic carbocycles. The van der Waals surface area contributed by atoms with Crippen LogP contribution in [0.5, 0.6) is 0 Å². The number of halogens is 2. The summed E-state index contributed by atoms with van der Waals surface area (Å²) in [4.78, 5) is 7.20. The summed E-state index contributed by atoms with van der Waals surface area (Å²) in [7, 11) is 0. The van der Waals surface area contributed by atoms with Crippen LogP contribution in [0.2, 0.25) is 0 Å². The van der Waals surface area contributed by atoms with Gasteiger partial charge in [-0.3, -0.25) is 0 Å². The van der Waals surface area contributed by atoms with Gasteiger partial charge in [-0.15, -0.1) is 0 Å². The van der Waals surface area contributed by atoms with E-state index in [4.69, 9.17) is 0 Å². The molecule has 4 heteroatoms. The Hall–Kier alpha value is -2.49. The van der Waals surface area contributed by atoms with Gasteiger partial charge in [0.2, 0.25) is 0 Å². The predicted octanol–water partition coefficient (Wildman–Crippen LogP) is 4.45. The first-order valence-electron chi connectivity index (χ1n) is 7.20. The van der Waals surface area contributed by atoms with Gasteiger partial charge in [-0.2, -0.15) is 0 Å². The van der Waals surface area contributed by atoms with Gasteiger partial charge < -0.3 is 4.98 Å². The Morgan fingerprint density at radius 3 is 2.14 bits per heavy atom. The topological polar surface area (TPSA) is 28.7 Å². The Balaban J connectivity index is 1.80. The van der Waals surface area contributed by atoms with Crippen LogP contribution in [0.4, 0.5) is 8.78 Å². The first kappa shape index (κ1) is 14.4. The second-order valence-corrected chi connectivity index (χ2v) is 5.28. The monoisotopic (exact) mass is 298 g/mol. The van der Waals surface area contributed by atoms with E-state index in [0.717, 1.165) is 29.7 Å². The SMILES string of the molecule is Fc1ccc(CCC(c2ccc(F)cc2)c2cnc[nH]2)cc1. The fourth-order valence-electron chi connectivity index (χ4n) is 2.62. The molecular formula is C18H16F2N2. The minimum absolute atomic E-state index is 0.105. The van der Waals surface area contributed by atoms with E-state index in [0.29, 0.717) is 0 Å². The number of aryl methyl sites for hydroxylation is 1. The number of H-pyrrole nitrogens is 1. The number of rotatable bonds is 5. The van der Waals surface area contributed by atoms with Crippen molar-refractivity contribution in [2.75, 3.05) is 0 Å². The molecule has 3 rings (SSSR count). The van der Waals surface area contributed by atoms with Crippen LogP contribution in [0.25, 0.3) is 0 Å². The summed E-state index contributed by atoms with van der Waals surface area (Å²) in [6, 6.07) is 13.1. The molecule has 0 saturated heterocycles. The normalized spacial score (nSPS) is 12.3. The summed E-state index contributed by atoms with van der Waals surface area (Å²) >= 11 is 0. The zero-order valence-electron chi connectivity index (χ0n) is 12.0. The summed E-state index contributed by atoms with van der Waals surface area (Å²) in [5.41, 5.74) is 3.11. The molecule has 2 aromatic carbocycles. The van der Waals surface area contributed by atoms with Crippen molar-refractivity contribution in [1.29, 1.82) is 0 Å². The van der Waals surface area contributed by atoms with Crippen LogP contribution in [0.1, 0.15) is 29.2 Å². The summed E-state index contributed by atoms with van der Waals surface area (Å²) in [6.07, 6.45) is 5.07. The third-order valence-corrected chi connectivity index (χ3v) is 3.80. The molecule has 1 N–H and O–H groups in total. The van der Waals surface area contributed by atoms with Crippen molar-refractivity contribution in [3.05, 3.63) is 89.5 Å². The van der Waals surface area contributed by atoms with Crippen LogP contribution in [-0.4, -0.2) is 9.97 Å². The Morgan fingerprint density at radius 1 is 0.909 bits per heavy atom. The van der Waals surface area contributed by atoms with Crippen molar-refractivity contribution in [3.8, 4) is 0 Å². The van der Waals surface area contributed by atoms with Gasteiger partial charge in [-0.1, -0.05) is 24.3 Å². The van der Waals surface area contributed by atoms with Crippen LogP contribution in [0.3, 0.4) is 0 Å². The standard InChI is InChI=1S/C18H16F2N2/c19-15-6-1-13(2-7-15)3-10-17(18-11-21-12-22-18)14-4-8-16(20)9-5-14/h1-2,4-9,11-12,17H,3,10H2,(H,21,22). The van der Waals surface area contributed by atoms with Crippen LogP contribution >= 0.6 is 0 Å². The third kappa shape index (κ3) is 3.39. The second kappa shape index (κ2) is 6.52. The molecule has 1 aromatic heterocycles. The average Bonchev–Trinajstić information content (AvgIpc) is 3.05. The van der Waals surface area contributed by atoms with Gasteiger partial charge in [0.1, 0.15) is 11.6 Å². The van der Waals surface area contributed by atoms with E-state index in [-0.39, 0.29) is 17.6 Å². The molecule has 1 unspecified atom stereocenters. The fourth-order valence-corrected chi connectivity index (χ4v) is 2.62. The average molecular weight is 298 g/mol. The number of aromatic amines is 1. The van der Waals surface area contributed by atoms with E-state index >= 15 is 0 Å². The summed E-state index contributed by atoms with van der Waals surface area (Å²) in [6.45, 7) is 0. The molecule has 0 amide bonds. The van der Waals surface area contributed by atoms with Crippen molar-refractivity contribution in [3.63, 3.8) is 0 Å². The second-order valence-electron chi connectivity index (χ2n) is 5.28. The largest absolute Gasteiger partial charge is 0.348 e. The van der Waals surface area contributed by atoms with Gasteiger partial charge in [0, 0.05) is 17.8 Å². The van der Waals surface area contributed by atoms with Crippen LogP contribution < -0.4 is 0 Å². The Labute approximate surface area is 127 Å². The van der Waals surface area contributed by atoms with E-state index in [2.05, 4.69) is 9.97 Å². The van der Waals surface area contributed by atoms with Crippen LogP contribution in [-0.2, 0) is 6.42 Å². The lowest BCUT2D eigenvalue weighted by Crippen LogP contribution is -2.04. The zero-order chi connectivity index (χ0) is 15.4. The van der Waals surface area contributed by atoms with E-state index in [1.165, 1.54) is 24.3 Å². The highest BCUT2D eigenvalue weighted by Crippen LogP contribution is 2.28. The molecule has 0 saturated carbocycles. The molecule has 112 valence electrons. The zero-order valence-corrected chi connectivity index (χ0v) is 12.0. The molecule has 22 heavy (non-hydrogen) atoms. The predicted molar refractivity (Wildman–Crippen MR) is 81.6 cm³/mol. The molecular weight excluding hydrogens is 282 g/mol. The number of hydrogen-bond donors (Lipinski definition) is 1. The number of nitrogens with zero attached hydrogens (tertiary/aromatic N) is 1. The number of nitrogens with one attached hydrogen (secondary N) is 1. The maximum absolute atomic E-state index is 13.1. The van der Waals surface area contributed by atoms with Gasteiger partial charge in [0.25, 0.3) is 0 Å². The lowest BCUT2D eigenvalue weighted by Gasteiger charge is -2.16. The molecule has 1 atom stereocenters.